The molecule has 0 radical (unpaired) electrons. The van der Waals surface area contributed by atoms with Crippen LogP contribution in [0.25, 0.3) is 0 Å². The number of hydrogen-bond donors (Lipinski definition) is 0. The van der Waals surface area contributed by atoms with Crippen molar-refractivity contribution in [1.82, 2.24) is 0 Å². The monoisotopic (exact) mass is 332 g/mol. The predicted octanol–water partition coefficient (Wildman–Crippen LogP) is 4.12. The number of ether oxygens (including phenoxy) is 2. The molecule has 4 atom stereocenters. The van der Waals surface area contributed by atoms with E-state index in [1.54, 1.807) is 0 Å². The third-order valence-corrected chi connectivity index (χ3v) is 5.09. The normalized spacial score (nSPS) is 33.4. The molecule has 0 spiro atoms. The average Bonchev–Trinajstić information content (AvgIpc) is 2.81. The number of rotatable bonds is 3. The summed E-state index contributed by atoms with van der Waals surface area (Å²) in [5.74, 6) is -0.610. The third-order valence-electron chi connectivity index (χ3n) is 5.09. The second-order valence-electron chi connectivity index (χ2n) is 6.97. The van der Waals surface area contributed by atoms with Crippen molar-refractivity contribution in [2.24, 2.45) is 11.8 Å². The molecule has 1 aliphatic heterocycles. The fraction of sp³-hybridized carbons (Fsp3) is 0.600. The van der Waals surface area contributed by atoms with Gasteiger partial charge < -0.3 is 9.47 Å². The Kier molecular flexibility index (Phi) is 6.03. The van der Waals surface area contributed by atoms with Gasteiger partial charge in [0.15, 0.2) is 0 Å². The van der Waals surface area contributed by atoms with Crippen LogP contribution in [0.3, 0.4) is 0 Å². The van der Waals surface area contributed by atoms with Crippen LogP contribution in [0.2, 0.25) is 0 Å². The van der Waals surface area contributed by atoms with E-state index in [4.69, 9.17) is 9.47 Å². The molecule has 4 unspecified atom stereocenters. The lowest BCUT2D eigenvalue weighted by molar-refractivity contribution is -0.151. The molecule has 24 heavy (non-hydrogen) atoms. The number of esters is 2. The second kappa shape index (κ2) is 7.82. The lowest BCUT2D eigenvalue weighted by atomic mass is 9.87. The minimum atomic E-state index is -0.317. The Bertz CT molecular complexity index is 584. The quantitative estimate of drug-likeness (QED) is 0.443. The number of carbonyl (C=O) groups is 2. The molecule has 1 aliphatic carbocycles. The van der Waals surface area contributed by atoms with Crippen molar-refractivity contribution >= 4 is 11.9 Å². The Morgan fingerprint density at radius 3 is 2.83 bits per heavy atom. The first-order valence-electron chi connectivity index (χ1n) is 8.77. The van der Waals surface area contributed by atoms with E-state index in [0.717, 1.165) is 24.8 Å². The lowest BCUT2D eigenvalue weighted by Gasteiger charge is -2.23. The van der Waals surface area contributed by atoms with Crippen molar-refractivity contribution in [1.29, 1.82) is 0 Å². The van der Waals surface area contributed by atoms with Crippen molar-refractivity contribution in [3.63, 3.8) is 0 Å². The Hall–Kier alpha value is -1.84. The summed E-state index contributed by atoms with van der Waals surface area (Å²) in [5, 5.41) is 0. The van der Waals surface area contributed by atoms with Crippen LogP contribution in [-0.4, -0.2) is 24.1 Å². The maximum Gasteiger partial charge on any atom is 0.334 e. The molecule has 0 bridgehead atoms. The SMILES string of the molecule is C=C1C(=O)OC2/C=C(\C)C(OC(=O)C(C)CC)C/C=C(\C)CCC12. The molecule has 0 aromatic heterocycles. The molecule has 0 amide bonds. The van der Waals surface area contributed by atoms with Crippen LogP contribution in [0.1, 0.15) is 53.4 Å². The largest absolute Gasteiger partial charge is 0.457 e. The summed E-state index contributed by atoms with van der Waals surface area (Å²) >= 11 is 0. The Balaban J connectivity index is 2.26. The fourth-order valence-electron chi connectivity index (χ4n) is 3.03. The summed E-state index contributed by atoms with van der Waals surface area (Å²) in [6.07, 6.45) is 6.59. The van der Waals surface area contributed by atoms with Crippen molar-refractivity contribution in [3.8, 4) is 0 Å². The van der Waals surface area contributed by atoms with Gasteiger partial charge in [-0.3, -0.25) is 4.79 Å². The summed E-state index contributed by atoms with van der Waals surface area (Å²) in [4.78, 5) is 24.0. The predicted molar refractivity (Wildman–Crippen MR) is 93.2 cm³/mol. The van der Waals surface area contributed by atoms with Crippen molar-refractivity contribution in [2.45, 2.75) is 65.6 Å². The van der Waals surface area contributed by atoms with Crippen molar-refractivity contribution in [2.75, 3.05) is 0 Å². The van der Waals surface area contributed by atoms with E-state index in [9.17, 15) is 9.59 Å². The van der Waals surface area contributed by atoms with Gasteiger partial charge in [0.25, 0.3) is 0 Å². The minimum absolute atomic E-state index is 0.000169. The standard InChI is InChI=1S/C20H28O4/c1-6-13(3)19(21)23-17-10-8-12(2)7-9-16-15(5)20(22)24-18(16)11-14(17)4/h8,11,13,16-18H,5-7,9-10H2,1-4H3/b12-8+,14-11+. The highest BCUT2D eigenvalue weighted by molar-refractivity contribution is 5.91. The molecule has 0 aromatic rings. The van der Waals surface area contributed by atoms with Crippen LogP contribution in [0, 0.1) is 11.8 Å². The highest BCUT2D eigenvalue weighted by atomic mass is 16.6. The van der Waals surface area contributed by atoms with E-state index >= 15 is 0 Å². The van der Waals surface area contributed by atoms with Gasteiger partial charge in [-0.15, -0.1) is 0 Å². The number of fused-ring (bicyclic) bond motifs is 1. The third kappa shape index (κ3) is 4.16. The van der Waals surface area contributed by atoms with E-state index < -0.39 is 0 Å². The molecule has 0 aromatic carbocycles. The topological polar surface area (TPSA) is 52.6 Å². The first kappa shape index (κ1) is 18.5. The van der Waals surface area contributed by atoms with E-state index in [1.165, 1.54) is 5.57 Å². The molecule has 1 heterocycles. The van der Waals surface area contributed by atoms with E-state index in [0.29, 0.717) is 12.0 Å². The fourth-order valence-corrected chi connectivity index (χ4v) is 3.03. The molecule has 4 nitrogen and oxygen atoms in total. The van der Waals surface area contributed by atoms with Crippen LogP contribution >= 0.6 is 0 Å². The molecular weight excluding hydrogens is 304 g/mol. The van der Waals surface area contributed by atoms with Crippen LogP contribution < -0.4 is 0 Å². The summed E-state index contributed by atoms with van der Waals surface area (Å²) < 4.78 is 11.2. The summed E-state index contributed by atoms with van der Waals surface area (Å²) in [6, 6.07) is 0. The average molecular weight is 332 g/mol. The van der Waals surface area contributed by atoms with Gasteiger partial charge in [0.1, 0.15) is 12.2 Å². The highest BCUT2D eigenvalue weighted by Gasteiger charge is 2.37. The second-order valence-corrected chi connectivity index (χ2v) is 6.97. The maximum atomic E-state index is 12.2. The zero-order valence-corrected chi connectivity index (χ0v) is 15.1. The summed E-state index contributed by atoms with van der Waals surface area (Å²) in [5.41, 5.74) is 2.71. The van der Waals surface area contributed by atoms with Gasteiger partial charge in [-0.25, -0.2) is 4.79 Å². The smallest absolute Gasteiger partial charge is 0.334 e. The van der Waals surface area contributed by atoms with Gasteiger partial charge in [-0.1, -0.05) is 32.1 Å². The van der Waals surface area contributed by atoms with Crippen molar-refractivity contribution in [3.05, 3.63) is 35.5 Å². The first-order chi connectivity index (χ1) is 11.3. The molecule has 132 valence electrons. The zero-order chi connectivity index (χ0) is 17.9. The molecule has 2 aliphatic rings. The molecule has 1 saturated heterocycles. The molecule has 2 rings (SSSR count). The Morgan fingerprint density at radius 1 is 1.46 bits per heavy atom. The van der Waals surface area contributed by atoms with E-state index in [1.807, 2.05) is 26.8 Å². The molecule has 0 saturated carbocycles. The van der Waals surface area contributed by atoms with E-state index in [-0.39, 0.29) is 36.0 Å². The van der Waals surface area contributed by atoms with Crippen molar-refractivity contribution < 1.29 is 19.1 Å². The number of allylic oxidation sites excluding steroid dienone is 1. The molecule has 1 fully saturated rings. The summed E-state index contributed by atoms with van der Waals surface area (Å²) in [6.45, 7) is 11.7. The minimum Gasteiger partial charge on any atom is -0.457 e. The summed E-state index contributed by atoms with van der Waals surface area (Å²) in [7, 11) is 0. The van der Waals surface area contributed by atoms with Crippen LogP contribution in [0.4, 0.5) is 0 Å². The van der Waals surface area contributed by atoms with Crippen LogP contribution in [0.5, 0.6) is 0 Å². The molecule has 4 heteroatoms. The van der Waals surface area contributed by atoms with Gasteiger partial charge in [0, 0.05) is 17.9 Å². The van der Waals surface area contributed by atoms with Gasteiger partial charge in [-0.2, -0.15) is 0 Å². The lowest BCUT2D eigenvalue weighted by Crippen LogP contribution is -2.25. The number of carbonyl (C=O) groups excluding carboxylic acids is 2. The highest BCUT2D eigenvalue weighted by Crippen LogP contribution is 2.34. The van der Waals surface area contributed by atoms with E-state index in [2.05, 4.69) is 19.6 Å². The van der Waals surface area contributed by atoms with Crippen LogP contribution in [-0.2, 0) is 19.1 Å². The molecule has 0 N–H and O–H groups in total. The van der Waals surface area contributed by atoms with Gasteiger partial charge in [0.2, 0.25) is 0 Å². The maximum absolute atomic E-state index is 12.2. The molecular formula is C20H28O4. The van der Waals surface area contributed by atoms with Gasteiger partial charge in [-0.05, 0) is 44.8 Å². The van der Waals surface area contributed by atoms with Gasteiger partial charge in [0.05, 0.1) is 5.92 Å². The Labute approximate surface area is 144 Å². The first-order valence-corrected chi connectivity index (χ1v) is 8.77. The zero-order valence-electron chi connectivity index (χ0n) is 15.1. The van der Waals surface area contributed by atoms with Gasteiger partial charge >= 0.3 is 11.9 Å². The Morgan fingerprint density at radius 2 is 2.17 bits per heavy atom. The van der Waals surface area contributed by atoms with Crippen LogP contribution in [0.15, 0.2) is 35.5 Å². The number of hydrogen-bond acceptors (Lipinski definition) is 4.